The number of carbonyl (C=O) groups excluding carboxylic acids is 1. The van der Waals surface area contributed by atoms with Crippen molar-refractivity contribution in [3.8, 4) is 11.5 Å². The number of hydrogen-bond acceptors (Lipinski definition) is 4. The topological polar surface area (TPSA) is 47.9 Å². The normalized spacial score (nSPS) is 9.71. The van der Waals surface area contributed by atoms with Gasteiger partial charge >= 0.3 is 0 Å². The Morgan fingerprint density at radius 3 is 2.24 bits per heavy atom. The van der Waals surface area contributed by atoms with Gasteiger partial charge in [0, 0.05) is 11.1 Å². The number of halogens is 1. The molecule has 1 aromatic rings. The average molecular weight is 239 g/mol. The van der Waals surface area contributed by atoms with E-state index < -0.39 is 0 Å². The third kappa shape index (κ3) is 2.29. The van der Waals surface area contributed by atoms with Gasteiger partial charge in [-0.05, 0) is 19.4 Å². The molecule has 92 valence electrons. The molecule has 4 nitrogen and oxygen atoms in total. The lowest BCUT2D eigenvalue weighted by molar-refractivity contribution is 0.345. The maximum atomic E-state index is 13.9. The lowest BCUT2D eigenvalue weighted by Crippen LogP contribution is -2.04. The highest BCUT2D eigenvalue weighted by Gasteiger charge is 2.20. The van der Waals surface area contributed by atoms with E-state index in [1.54, 1.807) is 13.8 Å². The fourth-order valence-corrected chi connectivity index (χ4v) is 1.75. The molecule has 0 radical (unpaired) electrons. The van der Waals surface area contributed by atoms with Crippen molar-refractivity contribution in [1.82, 2.24) is 0 Å². The summed E-state index contributed by atoms with van der Waals surface area (Å²) >= 11 is 0. The predicted molar refractivity (Wildman–Crippen MR) is 60.8 cm³/mol. The van der Waals surface area contributed by atoms with Crippen LogP contribution in [0.1, 0.15) is 16.7 Å². The Bertz CT molecular complexity index is 479. The lowest BCUT2D eigenvalue weighted by Gasteiger charge is -2.17. The largest absolute Gasteiger partial charge is 0.492 e. The van der Waals surface area contributed by atoms with E-state index in [1.165, 1.54) is 20.3 Å². The summed E-state index contributed by atoms with van der Waals surface area (Å²) in [6.45, 7) is 3.24. The van der Waals surface area contributed by atoms with Gasteiger partial charge in [-0.3, -0.25) is 0 Å². The molecular formula is C12H14FNO3. The van der Waals surface area contributed by atoms with Gasteiger partial charge in [0.25, 0.3) is 0 Å². The monoisotopic (exact) mass is 239 g/mol. The molecule has 0 aromatic heterocycles. The Balaban J connectivity index is 3.55. The Labute approximate surface area is 99.1 Å². The average Bonchev–Trinajstić information content (AvgIpc) is 2.34. The van der Waals surface area contributed by atoms with Crippen molar-refractivity contribution in [2.24, 2.45) is 4.99 Å². The number of methoxy groups -OCH3 is 2. The van der Waals surface area contributed by atoms with Crippen molar-refractivity contribution in [3.63, 3.8) is 0 Å². The molecule has 0 aliphatic carbocycles. The van der Waals surface area contributed by atoms with Crippen LogP contribution in [0.5, 0.6) is 11.5 Å². The number of ether oxygens (including phenoxy) is 2. The fraction of sp³-hybridized carbons (Fsp3) is 0.417. The van der Waals surface area contributed by atoms with Gasteiger partial charge in [-0.1, -0.05) is 0 Å². The van der Waals surface area contributed by atoms with Crippen LogP contribution in [0.3, 0.4) is 0 Å². The molecule has 0 fully saturated rings. The van der Waals surface area contributed by atoms with Crippen molar-refractivity contribution in [2.75, 3.05) is 14.2 Å². The third-order valence-electron chi connectivity index (χ3n) is 2.64. The van der Waals surface area contributed by atoms with E-state index in [2.05, 4.69) is 4.99 Å². The van der Waals surface area contributed by atoms with E-state index in [0.29, 0.717) is 28.2 Å². The summed E-state index contributed by atoms with van der Waals surface area (Å²) < 4.78 is 24.2. The first-order valence-electron chi connectivity index (χ1n) is 5.01. The molecule has 17 heavy (non-hydrogen) atoms. The standard InChI is InChI=1S/C12H14FNO3/c1-7-9(5-14-6-15)12(17-4)11(16-3)8(2)10(7)13/h5H2,1-4H3. The minimum absolute atomic E-state index is 0.0199. The minimum Gasteiger partial charge on any atom is -0.492 e. The first-order chi connectivity index (χ1) is 8.08. The number of nitrogens with zero attached hydrogens (tertiary/aromatic N) is 1. The Kier molecular flexibility index (Phi) is 4.24. The minimum atomic E-state index is -0.376. The number of benzene rings is 1. The predicted octanol–water partition coefficient (Wildman–Crippen LogP) is 2.30. The SMILES string of the molecule is COc1c(C)c(F)c(C)c(CN=C=O)c1OC. The summed E-state index contributed by atoms with van der Waals surface area (Å²) in [5.74, 6) is 0.355. The summed E-state index contributed by atoms with van der Waals surface area (Å²) in [4.78, 5) is 13.6. The zero-order chi connectivity index (χ0) is 13.0. The van der Waals surface area contributed by atoms with Gasteiger partial charge in [-0.15, -0.1) is 0 Å². The van der Waals surface area contributed by atoms with Crippen LogP contribution in [0.25, 0.3) is 0 Å². The van der Waals surface area contributed by atoms with Gasteiger partial charge in [-0.25, -0.2) is 14.2 Å². The molecule has 0 aliphatic heterocycles. The molecule has 0 atom stereocenters. The molecule has 0 amide bonds. The number of isocyanates is 1. The molecular weight excluding hydrogens is 225 g/mol. The summed E-state index contributed by atoms with van der Waals surface area (Å²) in [6, 6.07) is 0. The van der Waals surface area contributed by atoms with Crippen LogP contribution in [0.4, 0.5) is 4.39 Å². The second-order valence-corrected chi connectivity index (χ2v) is 3.52. The summed E-state index contributed by atoms with van der Waals surface area (Å²) in [6.07, 6.45) is 1.42. The molecule has 0 aliphatic rings. The van der Waals surface area contributed by atoms with Crippen LogP contribution in [0.2, 0.25) is 0 Å². The molecule has 0 saturated carbocycles. The Hall–Kier alpha value is -1.87. The molecule has 5 heteroatoms. The van der Waals surface area contributed by atoms with Gasteiger partial charge < -0.3 is 9.47 Å². The second-order valence-electron chi connectivity index (χ2n) is 3.52. The second kappa shape index (κ2) is 5.46. The highest BCUT2D eigenvalue weighted by atomic mass is 19.1. The molecule has 0 saturated heterocycles. The van der Waals surface area contributed by atoms with Crippen LogP contribution in [-0.2, 0) is 11.3 Å². The fourth-order valence-electron chi connectivity index (χ4n) is 1.75. The van der Waals surface area contributed by atoms with Gasteiger partial charge in [-0.2, -0.15) is 0 Å². The van der Waals surface area contributed by atoms with Gasteiger partial charge in [0.15, 0.2) is 11.5 Å². The van der Waals surface area contributed by atoms with Crippen molar-refractivity contribution < 1.29 is 18.7 Å². The zero-order valence-electron chi connectivity index (χ0n) is 10.3. The van der Waals surface area contributed by atoms with Crippen molar-refractivity contribution >= 4 is 6.08 Å². The summed E-state index contributed by atoms with van der Waals surface area (Å²) in [7, 11) is 2.90. The van der Waals surface area contributed by atoms with E-state index in [1.807, 2.05) is 0 Å². The first kappa shape index (κ1) is 13.2. The highest BCUT2D eigenvalue weighted by Crippen LogP contribution is 2.39. The van der Waals surface area contributed by atoms with Gasteiger partial charge in [0.05, 0.1) is 20.8 Å². The molecule has 0 heterocycles. The number of aliphatic imine (C=N–C) groups is 1. The van der Waals surface area contributed by atoms with Crippen molar-refractivity contribution in [1.29, 1.82) is 0 Å². The third-order valence-corrected chi connectivity index (χ3v) is 2.64. The van der Waals surface area contributed by atoms with Crippen LogP contribution in [0.15, 0.2) is 4.99 Å². The first-order valence-corrected chi connectivity index (χ1v) is 5.01. The lowest BCUT2D eigenvalue weighted by atomic mass is 10.0. The highest BCUT2D eigenvalue weighted by molar-refractivity contribution is 5.56. The maximum absolute atomic E-state index is 13.9. The Morgan fingerprint density at radius 2 is 1.76 bits per heavy atom. The number of rotatable bonds is 4. The quantitative estimate of drug-likeness (QED) is 0.598. The Morgan fingerprint density at radius 1 is 1.18 bits per heavy atom. The van der Waals surface area contributed by atoms with Gasteiger partial charge in [0.2, 0.25) is 6.08 Å². The molecule has 1 rings (SSSR count). The molecule has 0 bridgehead atoms. The summed E-state index contributed by atoms with van der Waals surface area (Å²) in [5.41, 5.74) is 1.27. The van der Waals surface area contributed by atoms with E-state index in [-0.39, 0.29) is 12.4 Å². The zero-order valence-corrected chi connectivity index (χ0v) is 10.3. The molecule has 0 spiro atoms. The van der Waals surface area contributed by atoms with E-state index in [9.17, 15) is 9.18 Å². The summed E-state index contributed by atoms with van der Waals surface area (Å²) in [5, 5.41) is 0. The number of hydrogen-bond donors (Lipinski definition) is 0. The van der Waals surface area contributed by atoms with E-state index in [4.69, 9.17) is 9.47 Å². The van der Waals surface area contributed by atoms with Crippen LogP contribution in [0, 0.1) is 19.7 Å². The van der Waals surface area contributed by atoms with Crippen molar-refractivity contribution in [3.05, 3.63) is 22.5 Å². The van der Waals surface area contributed by atoms with Crippen LogP contribution < -0.4 is 9.47 Å². The van der Waals surface area contributed by atoms with Crippen LogP contribution >= 0.6 is 0 Å². The maximum Gasteiger partial charge on any atom is 0.235 e. The van der Waals surface area contributed by atoms with E-state index >= 15 is 0 Å². The molecule has 0 unspecified atom stereocenters. The van der Waals surface area contributed by atoms with E-state index in [0.717, 1.165) is 0 Å². The van der Waals surface area contributed by atoms with Crippen LogP contribution in [-0.4, -0.2) is 20.3 Å². The smallest absolute Gasteiger partial charge is 0.235 e. The van der Waals surface area contributed by atoms with Crippen molar-refractivity contribution in [2.45, 2.75) is 20.4 Å². The van der Waals surface area contributed by atoms with Gasteiger partial charge in [0.1, 0.15) is 5.82 Å². The molecule has 0 N–H and O–H groups in total. The molecule has 1 aromatic carbocycles.